The lowest BCUT2D eigenvalue weighted by molar-refractivity contribution is -0.131. The summed E-state index contributed by atoms with van der Waals surface area (Å²) in [6.45, 7) is 3.02. The number of aliphatic carboxylic acids is 1. The summed E-state index contributed by atoms with van der Waals surface area (Å²) in [7, 11) is 0. The molecule has 2 rings (SSSR count). The number of ether oxygens (including phenoxy) is 1. The fourth-order valence-electron chi connectivity index (χ4n) is 2.13. The van der Waals surface area contributed by atoms with Gasteiger partial charge in [-0.3, -0.25) is 4.79 Å². The Morgan fingerprint density at radius 2 is 2.40 bits per heavy atom. The van der Waals surface area contributed by atoms with Gasteiger partial charge in [0.05, 0.1) is 18.6 Å². The standard InChI is InChI=1S/C14H17NO4S/c1-9-12(4-5-19-9)14(18)15-7-11-6-10(8-20-11)2-3-13(16)17/h2-3,6,8-9,12H,4-5,7H2,1H3,(H,15,18)(H,16,17). The maximum Gasteiger partial charge on any atom is 0.328 e. The van der Waals surface area contributed by atoms with Crippen LogP contribution >= 0.6 is 11.3 Å². The molecule has 1 amide bonds. The molecule has 0 radical (unpaired) electrons. The van der Waals surface area contributed by atoms with Crippen molar-refractivity contribution in [2.45, 2.75) is 26.0 Å². The van der Waals surface area contributed by atoms with Gasteiger partial charge in [-0.05, 0) is 36.4 Å². The van der Waals surface area contributed by atoms with Crippen LogP contribution in [0.2, 0.25) is 0 Å². The lowest BCUT2D eigenvalue weighted by Gasteiger charge is -2.13. The first kappa shape index (κ1) is 14.7. The van der Waals surface area contributed by atoms with E-state index >= 15 is 0 Å². The van der Waals surface area contributed by atoms with Crippen LogP contribution in [0.15, 0.2) is 17.5 Å². The monoisotopic (exact) mass is 295 g/mol. The van der Waals surface area contributed by atoms with Gasteiger partial charge in [-0.2, -0.15) is 0 Å². The Morgan fingerprint density at radius 1 is 1.60 bits per heavy atom. The third-order valence-electron chi connectivity index (χ3n) is 3.24. The number of amides is 1. The number of rotatable bonds is 5. The van der Waals surface area contributed by atoms with Crippen LogP contribution in [0.3, 0.4) is 0 Å². The van der Waals surface area contributed by atoms with E-state index in [-0.39, 0.29) is 17.9 Å². The molecule has 0 spiro atoms. The van der Waals surface area contributed by atoms with Crippen LogP contribution in [-0.2, 0) is 20.9 Å². The number of carboxylic acids is 1. The molecule has 1 aliphatic heterocycles. The van der Waals surface area contributed by atoms with Crippen molar-refractivity contribution in [2.75, 3.05) is 6.61 Å². The summed E-state index contributed by atoms with van der Waals surface area (Å²) in [5.41, 5.74) is 0.833. The van der Waals surface area contributed by atoms with Gasteiger partial charge < -0.3 is 15.2 Å². The van der Waals surface area contributed by atoms with Crippen molar-refractivity contribution in [3.8, 4) is 0 Å². The minimum atomic E-state index is -0.971. The predicted molar refractivity (Wildman–Crippen MR) is 76.4 cm³/mol. The molecule has 20 heavy (non-hydrogen) atoms. The Labute approximate surface area is 121 Å². The van der Waals surface area contributed by atoms with Gasteiger partial charge in [0, 0.05) is 17.6 Å². The highest BCUT2D eigenvalue weighted by Crippen LogP contribution is 2.21. The zero-order valence-electron chi connectivity index (χ0n) is 11.2. The molecule has 0 saturated carbocycles. The van der Waals surface area contributed by atoms with Gasteiger partial charge in [0.15, 0.2) is 0 Å². The molecular weight excluding hydrogens is 278 g/mol. The maximum absolute atomic E-state index is 12.0. The highest BCUT2D eigenvalue weighted by atomic mass is 32.1. The van der Waals surface area contributed by atoms with Gasteiger partial charge >= 0.3 is 5.97 Å². The Balaban J connectivity index is 1.85. The molecule has 1 fully saturated rings. The second kappa shape index (κ2) is 6.67. The summed E-state index contributed by atoms with van der Waals surface area (Å²) >= 11 is 1.50. The van der Waals surface area contributed by atoms with Gasteiger partial charge in [-0.25, -0.2) is 4.79 Å². The smallest absolute Gasteiger partial charge is 0.328 e. The summed E-state index contributed by atoms with van der Waals surface area (Å²) < 4.78 is 5.37. The Kier molecular flexibility index (Phi) is 4.92. The molecule has 0 aliphatic carbocycles. The SMILES string of the molecule is CC1OCCC1C(=O)NCc1cc(C=CC(=O)O)cs1. The normalized spacial score (nSPS) is 22.2. The zero-order valence-corrected chi connectivity index (χ0v) is 12.0. The van der Waals surface area contributed by atoms with Crippen LogP contribution in [0.5, 0.6) is 0 Å². The second-order valence-corrected chi connectivity index (χ2v) is 5.70. The van der Waals surface area contributed by atoms with Crippen molar-refractivity contribution >= 4 is 29.3 Å². The lowest BCUT2D eigenvalue weighted by Crippen LogP contribution is -2.33. The third-order valence-corrected chi connectivity index (χ3v) is 4.20. The van der Waals surface area contributed by atoms with E-state index < -0.39 is 5.97 Å². The van der Waals surface area contributed by atoms with Gasteiger partial charge in [-0.15, -0.1) is 11.3 Å². The first-order valence-electron chi connectivity index (χ1n) is 6.44. The molecule has 2 heterocycles. The lowest BCUT2D eigenvalue weighted by atomic mass is 10.0. The maximum atomic E-state index is 12.0. The summed E-state index contributed by atoms with van der Waals surface area (Å²) in [6.07, 6.45) is 3.38. The summed E-state index contributed by atoms with van der Waals surface area (Å²) in [5, 5.41) is 13.3. The number of carboxylic acid groups (broad SMARTS) is 1. The van der Waals surface area contributed by atoms with Crippen LogP contribution in [-0.4, -0.2) is 29.7 Å². The minimum absolute atomic E-state index is 0.0195. The van der Waals surface area contributed by atoms with Gasteiger partial charge in [-0.1, -0.05) is 0 Å². The quantitative estimate of drug-likeness (QED) is 0.813. The van der Waals surface area contributed by atoms with Crippen LogP contribution in [0.25, 0.3) is 6.08 Å². The Hall–Kier alpha value is -1.66. The van der Waals surface area contributed by atoms with Crippen molar-refractivity contribution < 1.29 is 19.4 Å². The molecule has 1 aromatic rings. The zero-order chi connectivity index (χ0) is 14.5. The van der Waals surface area contributed by atoms with Gasteiger partial charge in [0.1, 0.15) is 0 Å². The van der Waals surface area contributed by atoms with Crippen LogP contribution in [0, 0.1) is 5.92 Å². The Bertz CT molecular complexity index is 523. The molecule has 6 heteroatoms. The molecule has 2 unspecified atom stereocenters. The number of hydrogen-bond donors (Lipinski definition) is 2. The van der Waals surface area contributed by atoms with Crippen LogP contribution in [0.1, 0.15) is 23.8 Å². The highest BCUT2D eigenvalue weighted by Gasteiger charge is 2.30. The topological polar surface area (TPSA) is 75.6 Å². The van der Waals surface area contributed by atoms with Gasteiger partial charge in [0.2, 0.25) is 5.91 Å². The van der Waals surface area contributed by atoms with Crippen LogP contribution in [0.4, 0.5) is 0 Å². The molecule has 1 saturated heterocycles. The molecule has 2 atom stereocenters. The summed E-state index contributed by atoms with van der Waals surface area (Å²) in [6, 6.07) is 1.87. The van der Waals surface area contributed by atoms with Crippen molar-refractivity contribution in [1.82, 2.24) is 5.32 Å². The van der Waals surface area contributed by atoms with E-state index in [4.69, 9.17) is 9.84 Å². The molecule has 5 nitrogen and oxygen atoms in total. The molecular formula is C14H17NO4S. The average molecular weight is 295 g/mol. The summed E-state index contributed by atoms with van der Waals surface area (Å²) in [5.74, 6) is -1.02. The van der Waals surface area contributed by atoms with Crippen molar-refractivity contribution in [3.05, 3.63) is 28.0 Å². The third kappa shape index (κ3) is 3.91. The van der Waals surface area contributed by atoms with E-state index in [1.165, 1.54) is 17.4 Å². The fraction of sp³-hybridized carbons (Fsp3) is 0.429. The Morgan fingerprint density at radius 3 is 3.05 bits per heavy atom. The predicted octanol–water partition coefficient (Wildman–Crippen LogP) is 1.89. The fourth-order valence-corrected chi connectivity index (χ4v) is 2.92. The van der Waals surface area contributed by atoms with E-state index in [1.54, 1.807) is 0 Å². The molecule has 1 aromatic heterocycles. The molecule has 2 N–H and O–H groups in total. The number of carbonyl (C=O) groups is 2. The molecule has 1 aliphatic rings. The molecule has 108 valence electrons. The van der Waals surface area contributed by atoms with Crippen molar-refractivity contribution in [3.63, 3.8) is 0 Å². The van der Waals surface area contributed by atoms with E-state index in [1.807, 2.05) is 18.4 Å². The van der Waals surface area contributed by atoms with Crippen molar-refractivity contribution in [1.29, 1.82) is 0 Å². The molecule has 0 bridgehead atoms. The minimum Gasteiger partial charge on any atom is -0.478 e. The largest absolute Gasteiger partial charge is 0.478 e. The number of hydrogen-bond acceptors (Lipinski definition) is 4. The van der Waals surface area contributed by atoms with E-state index in [0.717, 1.165) is 22.9 Å². The summed E-state index contributed by atoms with van der Waals surface area (Å²) in [4.78, 5) is 23.4. The van der Waals surface area contributed by atoms with E-state index in [9.17, 15) is 9.59 Å². The van der Waals surface area contributed by atoms with E-state index in [0.29, 0.717) is 13.2 Å². The average Bonchev–Trinajstić information content (AvgIpc) is 3.02. The molecule has 0 aromatic carbocycles. The second-order valence-electron chi connectivity index (χ2n) is 4.71. The first-order chi connectivity index (χ1) is 9.56. The number of carbonyl (C=O) groups excluding carboxylic acids is 1. The number of thiophene rings is 1. The van der Waals surface area contributed by atoms with E-state index in [2.05, 4.69) is 5.32 Å². The van der Waals surface area contributed by atoms with Crippen LogP contribution < -0.4 is 5.32 Å². The van der Waals surface area contributed by atoms with Crippen molar-refractivity contribution in [2.24, 2.45) is 5.92 Å². The van der Waals surface area contributed by atoms with Gasteiger partial charge in [0.25, 0.3) is 0 Å². The first-order valence-corrected chi connectivity index (χ1v) is 7.32. The highest BCUT2D eigenvalue weighted by molar-refractivity contribution is 7.10. The number of nitrogens with one attached hydrogen (secondary N) is 1.